The minimum atomic E-state index is -4.71. The van der Waals surface area contributed by atoms with Gasteiger partial charge in [-0.1, -0.05) is 5.57 Å². The van der Waals surface area contributed by atoms with Gasteiger partial charge in [-0.2, -0.15) is 28.1 Å². The van der Waals surface area contributed by atoms with Gasteiger partial charge in [0.05, 0.1) is 11.1 Å². The second-order valence-electron chi connectivity index (χ2n) is 11.0. The number of aromatic nitrogens is 4. The van der Waals surface area contributed by atoms with E-state index >= 15 is 0 Å². The lowest BCUT2D eigenvalue weighted by atomic mass is 9.94. The van der Waals surface area contributed by atoms with Gasteiger partial charge < -0.3 is 26.2 Å². The number of carbonyl (C=O) groups is 3. The number of alkyl halides is 3. The fourth-order valence-electron chi connectivity index (χ4n) is 5.25. The van der Waals surface area contributed by atoms with E-state index in [0.717, 1.165) is 17.8 Å². The number of rotatable bonds is 8. The van der Waals surface area contributed by atoms with Crippen molar-refractivity contribution in [2.45, 2.75) is 52.1 Å². The molecule has 0 radical (unpaired) electrons. The minimum Gasteiger partial charge on any atom is -0.384 e. The zero-order valence-electron chi connectivity index (χ0n) is 24.2. The van der Waals surface area contributed by atoms with E-state index in [-0.39, 0.29) is 52.6 Å². The van der Waals surface area contributed by atoms with Crippen LogP contribution in [0.3, 0.4) is 0 Å². The van der Waals surface area contributed by atoms with E-state index in [1.807, 2.05) is 13.8 Å². The van der Waals surface area contributed by atoms with E-state index in [1.165, 1.54) is 0 Å². The molecule has 232 valence electrons. The second kappa shape index (κ2) is 13.3. The average molecular weight is 604 g/mol. The number of halogens is 3. The highest BCUT2D eigenvalue weighted by molar-refractivity contribution is 5.90. The Labute approximate surface area is 247 Å². The quantitative estimate of drug-likeness (QED) is 0.429. The first-order valence-electron chi connectivity index (χ1n) is 14.2. The first-order chi connectivity index (χ1) is 20.3. The lowest BCUT2D eigenvalue weighted by Crippen LogP contribution is -2.52. The Morgan fingerprint density at radius 3 is 2.26 bits per heavy atom. The van der Waals surface area contributed by atoms with Crippen LogP contribution in [0.5, 0.6) is 0 Å². The molecule has 2 saturated heterocycles. The third-order valence-corrected chi connectivity index (χ3v) is 7.45. The predicted octanol–water partition coefficient (Wildman–Crippen LogP) is 2.71. The van der Waals surface area contributed by atoms with Crippen LogP contribution in [0.2, 0.25) is 0 Å². The van der Waals surface area contributed by atoms with E-state index in [2.05, 4.69) is 19.9 Å². The van der Waals surface area contributed by atoms with Gasteiger partial charge in [0.15, 0.2) is 11.6 Å². The van der Waals surface area contributed by atoms with Crippen LogP contribution in [-0.2, 0) is 20.6 Å². The summed E-state index contributed by atoms with van der Waals surface area (Å²) in [5, 5.41) is 0. The Morgan fingerprint density at radius 1 is 0.953 bits per heavy atom. The molecule has 2 aliphatic heterocycles. The summed E-state index contributed by atoms with van der Waals surface area (Å²) in [5.74, 6) is -0.880. The number of piperazine rings is 1. The Bertz CT molecular complexity index is 1380. The number of hydrogen-bond acceptors (Lipinski definition) is 10. The van der Waals surface area contributed by atoms with Gasteiger partial charge in [0.1, 0.15) is 5.82 Å². The lowest BCUT2D eigenvalue weighted by molar-refractivity contribution is -0.141. The van der Waals surface area contributed by atoms with Gasteiger partial charge in [0.25, 0.3) is 0 Å². The van der Waals surface area contributed by atoms with Crippen molar-refractivity contribution >= 4 is 35.3 Å². The molecule has 0 atom stereocenters. The number of allylic oxidation sites excluding steroid dienone is 2. The standard InChI is InChI=1S/C28H36F3N9O3/c1-17(2)14-19(41)4-3-5-23(42)38-8-6-18(7-9-38)25(43)39-10-12-40(13-11-39)27-36-24(35-26(33)37-27)20-16-34-22(32)15-21(20)28(29,30)31/h14-16,18H,3-13H2,1-2H3,(H2,32,34)(H2,33,35,36,37). The van der Waals surface area contributed by atoms with Gasteiger partial charge in [0, 0.05) is 64.2 Å². The Balaban J connectivity index is 1.30. The van der Waals surface area contributed by atoms with Gasteiger partial charge in [0.2, 0.25) is 23.7 Å². The van der Waals surface area contributed by atoms with Crippen LogP contribution in [0.25, 0.3) is 11.4 Å². The smallest absolute Gasteiger partial charge is 0.384 e. The van der Waals surface area contributed by atoms with Crippen LogP contribution < -0.4 is 16.4 Å². The molecular weight excluding hydrogens is 567 g/mol. The summed E-state index contributed by atoms with van der Waals surface area (Å²) in [4.78, 5) is 58.9. The monoisotopic (exact) mass is 603 g/mol. The molecule has 2 aromatic heterocycles. The summed E-state index contributed by atoms with van der Waals surface area (Å²) in [6, 6.07) is 0.717. The molecule has 4 heterocycles. The number of hydrogen-bond donors (Lipinski definition) is 2. The fourth-order valence-corrected chi connectivity index (χ4v) is 5.25. The number of anilines is 3. The molecule has 2 amide bonds. The van der Waals surface area contributed by atoms with Gasteiger partial charge in [-0.05, 0) is 45.3 Å². The zero-order chi connectivity index (χ0) is 31.3. The molecule has 0 saturated carbocycles. The molecule has 2 aliphatic rings. The lowest BCUT2D eigenvalue weighted by Gasteiger charge is -2.38. The summed E-state index contributed by atoms with van der Waals surface area (Å²) < 4.78 is 40.9. The maximum Gasteiger partial charge on any atom is 0.417 e. The molecule has 43 heavy (non-hydrogen) atoms. The van der Waals surface area contributed by atoms with Crippen LogP contribution in [0.15, 0.2) is 23.9 Å². The van der Waals surface area contributed by atoms with Gasteiger partial charge in [-0.15, -0.1) is 0 Å². The molecule has 2 aromatic rings. The molecule has 4 rings (SSSR count). The molecule has 0 unspecified atom stereocenters. The first kappa shape index (κ1) is 31.6. The summed E-state index contributed by atoms with van der Waals surface area (Å²) in [7, 11) is 0. The van der Waals surface area contributed by atoms with E-state index in [4.69, 9.17) is 11.5 Å². The maximum atomic E-state index is 13.6. The number of carbonyl (C=O) groups excluding carboxylic acids is 3. The van der Waals surface area contributed by atoms with Crippen LogP contribution >= 0.6 is 0 Å². The summed E-state index contributed by atoms with van der Waals surface area (Å²) in [6.07, 6.45) is 0.0954. The number of ketones is 1. The third kappa shape index (κ3) is 8.17. The molecule has 12 nitrogen and oxygen atoms in total. The van der Waals surface area contributed by atoms with Crippen LogP contribution in [-0.4, -0.2) is 86.6 Å². The second-order valence-corrected chi connectivity index (χ2v) is 11.0. The molecule has 15 heteroatoms. The number of nitrogens with zero attached hydrogens (tertiary/aromatic N) is 7. The number of nitrogen functional groups attached to an aromatic ring is 2. The molecule has 0 spiro atoms. The minimum absolute atomic E-state index is 0.00221. The third-order valence-electron chi connectivity index (χ3n) is 7.45. The SMILES string of the molecule is CC(C)=CC(=O)CCCC(=O)N1CCC(C(=O)N2CCN(c3nc(N)nc(-c4cnc(N)cc4C(F)(F)F)n3)CC2)CC1. The summed E-state index contributed by atoms with van der Waals surface area (Å²) in [6.45, 7) is 6.14. The Kier molecular flexibility index (Phi) is 9.81. The van der Waals surface area contributed by atoms with E-state index in [0.29, 0.717) is 71.4 Å². The molecule has 4 N–H and O–H groups in total. The fraction of sp³-hybridized carbons (Fsp3) is 0.536. The van der Waals surface area contributed by atoms with Crippen molar-refractivity contribution in [2.24, 2.45) is 5.92 Å². The maximum absolute atomic E-state index is 13.6. The van der Waals surface area contributed by atoms with Gasteiger partial charge >= 0.3 is 6.18 Å². The Morgan fingerprint density at radius 2 is 1.63 bits per heavy atom. The van der Waals surface area contributed by atoms with E-state index < -0.39 is 11.7 Å². The normalized spacial score (nSPS) is 16.3. The number of amides is 2. The topological polar surface area (TPSA) is 165 Å². The largest absolute Gasteiger partial charge is 0.417 e. The molecule has 0 aliphatic carbocycles. The predicted molar refractivity (Wildman–Crippen MR) is 153 cm³/mol. The highest BCUT2D eigenvalue weighted by Crippen LogP contribution is 2.37. The van der Waals surface area contributed by atoms with Crippen LogP contribution in [0.4, 0.5) is 30.9 Å². The van der Waals surface area contributed by atoms with Crippen molar-refractivity contribution in [3.63, 3.8) is 0 Å². The van der Waals surface area contributed by atoms with Crippen LogP contribution in [0, 0.1) is 5.92 Å². The molecule has 2 fully saturated rings. The van der Waals surface area contributed by atoms with Gasteiger partial charge in [-0.25, -0.2) is 4.98 Å². The van der Waals surface area contributed by atoms with Crippen molar-refractivity contribution < 1.29 is 27.6 Å². The summed E-state index contributed by atoms with van der Waals surface area (Å²) in [5.41, 5.74) is 10.8. The molecular formula is C28H36F3N9O3. The van der Waals surface area contributed by atoms with Crippen molar-refractivity contribution in [3.8, 4) is 11.4 Å². The van der Waals surface area contributed by atoms with Crippen LogP contribution in [0.1, 0.15) is 51.5 Å². The zero-order valence-corrected chi connectivity index (χ0v) is 24.2. The average Bonchev–Trinajstić information content (AvgIpc) is 2.95. The number of likely N-dealkylation sites (tertiary alicyclic amines) is 1. The van der Waals surface area contributed by atoms with Crippen molar-refractivity contribution in [1.82, 2.24) is 29.7 Å². The van der Waals surface area contributed by atoms with Crippen molar-refractivity contribution in [3.05, 3.63) is 29.5 Å². The molecule has 0 bridgehead atoms. The Hall–Kier alpha value is -4.30. The highest BCUT2D eigenvalue weighted by Gasteiger charge is 2.36. The summed E-state index contributed by atoms with van der Waals surface area (Å²) >= 11 is 0. The van der Waals surface area contributed by atoms with Gasteiger partial charge in [-0.3, -0.25) is 14.4 Å². The first-order valence-corrected chi connectivity index (χ1v) is 14.2. The number of pyridine rings is 1. The van der Waals surface area contributed by atoms with Crippen molar-refractivity contribution in [2.75, 3.05) is 55.6 Å². The van der Waals surface area contributed by atoms with E-state index in [1.54, 1.807) is 20.8 Å². The molecule has 0 aromatic carbocycles. The number of nitrogens with two attached hydrogens (primary N) is 2. The number of piperidine rings is 1. The highest BCUT2D eigenvalue weighted by atomic mass is 19.4. The van der Waals surface area contributed by atoms with E-state index in [9.17, 15) is 27.6 Å². The van der Waals surface area contributed by atoms with Crippen molar-refractivity contribution in [1.29, 1.82) is 0 Å².